The Morgan fingerprint density at radius 1 is 1.21 bits per heavy atom. The summed E-state index contributed by atoms with van der Waals surface area (Å²) >= 11 is 3.36. The SMILES string of the molecule is Cc1ccc(OC(=O)CCN2C(=O)C3CCCCC3C2=O)c(Br)c1. The maximum Gasteiger partial charge on any atom is 0.313 e. The molecule has 0 aromatic heterocycles. The molecule has 0 radical (unpaired) electrons. The third-order valence-electron chi connectivity index (χ3n) is 4.78. The molecule has 0 N–H and O–H groups in total. The average molecular weight is 394 g/mol. The highest BCUT2D eigenvalue weighted by atomic mass is 79.9. The van der Waals surface area contributed by atoms with Crippen molar-refractivity contribution in [3.63, 3.8) is 0 Å². The van der Waals surface area contributed by atoms with Crippen LogP contribution in [0.3, 0.4) is 0 Å². The Balaban J connectivity index is 1.58. The lowest BCUT2D eigenvalue weighted by Crippen LogP contribution is -2.33. The van der Waals surface area contributed by atoms with Crippen LogP contribution in [0.15, 0.2) is 22.7 Å². The first kappa shape index (κ1) is 17.1. The normalized spacial score (nSPS) is 23.3. The summed E-state index contributed by atoms with van der Waals surface area (Å²) in [5, 5.41) is 0. The first-order chi connectivity index (χ1) is 11.5. The van der Waals surface area contributed by atoms with E-state index in [1.165, 1.54) is 4.90 Å². The van der Waals surface area contributed by atoms with Gasteiger partial charge in [0.15, 0.2) is 0 Å². The summed E-state index contributed by atoms with van der Waals surface area (Å²) in [6.07, 6.45) is 3.57. The molecule has 1 aliphatic heterocycles. The topological polar surface area (TPSA) is 63.7 Å². The Bertz CT molecular complexity index is 664. The van der Waals surface area contributed by atoms with Gasteiger partial charge in [0, 0.05) is 6.54 Å². The van der Waals surface area contributed by atoms with Crippen LogP contribution in [0.4, 0.5) is 0 Å². The van der Waals surface area contributed by atoms with Crippen LogP contribution in [-0.4, -0.2) is 29.2 Å². The van der Waals surface area contributed by atoms with Gasteiger partial charge >= 0.3 is 5.97 Å². The minimum absolute atomic E-state index is 0.0111. The number of hydrogen-bond acceptors (Lipinski definition) is 4. The van der Waals surface area contributed by atoms with Crippen molar-refractivity contribution in [2.24, 2.45) is 11.8 Å². The van der Waals surface area contributed by atoms with Gasteiger partial charge in [0.2, 0.25) is 11.8 Å². The summed E-state index contributed by atoms with van der Waals surface area (Å²) in [5.41, 5.74) is 1.05. The van der Waals surface area contributed by atoms with E-state index in [-0.39, 0.29) is 36.6 Å². The fourth-order valence-electron chi connectivity index (χ4n) is 3.52. The van der Waals surface area contributed by atoms with Crippen molar-refractivity contribution in [2.75, 3.05) is 6.54 Å². The van der Waals surface area contributed by atoms with Crippen molar-refractivity contribution < 1.29 is 19.1 Å². The molecule has 1 aromatic rings. The zero-order valence-corrected chi connectivity index (χ0v) is 15.2. The monoisotopic (exact) mass is 393 g/mol. The van der Waals surface area contributed by atoms with E-state index in [1.807, 2.05) is 19.1 Å². The number of likely N-dealkylation sites (tertiary alicyclic amines) is 1. The summed E-state index contributed by atoms with van der Waals surface area (Å²) < 4.78 is 6.02. The van der Waals surface area contributed by atoms with E-state index in [4.69, 9.17) is 4.74 Å². The van der Waals surface area contributed by atoms with E-state index in [0.29, 0.717) is 10.2 Å². The second-order valence-electron chi connectivity index (χ2n) is 6.48. The third kappa shape index (κ3) is 3.38. The van der Waals surface area contributed by atoms with Gasteiger partial charge in [-0.15, -0.1) is 0 Å². The lowest BCUT2D eigenvalue weighted by atomic mass is 9.81. The lowest BCUT2D eigenvalue weighted by Gasteiger charge is -2.19. The van der Waals surface area contributed by atoms with Gasteiger partial charge in [-0.3, -0.25) is 19.3 Å². The molecule has 24 heavy (non-hydrogen) atoms. The summed E-state index contributed by atoms with van der Waals surface area (Å²) in [4.78, 5) is 38.0. The molecule has 0 bridgehead atoms. The molecule has 2 atom stereocenters. The number of esters is 1. The smallest absolute Gasteiger partial charge is 0.313 e. The largest absolute Gasteiger partial charge is 0.425 e. The van der Waals surface area contributed by atoms with Crippen LogP contribution in [-0.2, 0) is 14.4 Å². The Hall–Kier alpha value is -1.69. The van der Waals surface area contributed by atoms with Crippen LogP contribution in [0.2, 0.25) is 0 Å². The van der Waals surface area contributed by atoms with Gasteiger partial charge in [-0.1, -0.05) is 18.9 Å². The molecule has 1 saturated heterocycles. The average Bonchev–Trinajstić information content (AvgIpc) is 2.80. The molecule has 2 unspecified atom stereocenters. The van der Waals surface area contributed by atoms with Crippen LogP contribution in [0.1, 0.15) is 37.7 Å². The van der Waals surface area contributed by atoms with E-state index in [1.54, 1.807) is 6.07 Å². The highest BCUT2D eigenvalue weighted by Gasteiger charge is 2.47. The molecular weight excluding hydrogens is 374 g/mol. The molecule has 1 saturated carbocycles. The zero-order valence-electron chi connectivity index (χ0n) is 13.6. The van der Waals surface area contributed by atoms with Gasteiger partial charge < -0.3 is 4.74 Å². The fraction of sp³-hybridized carbons (Fsp3) is 0.500. The molecule has 1 aliphatic carbocycles. The summed E-state index contributed by atoms with van der Waals surface area (Å²) in [6.45, 7) is 2.05. The Kier molecular flexibility index (Phi) is 5.04. The van der Waals surface area contributed by atoms with Crippen molar-refractivity contribution >= 4 is 33.7 Å². The molecule has 2 fully saturated rings. The predicted molar refractivity (Wildman–Crippen MR) is 91.3 cm³/mol. The van der Waals surface area contributed by atoms with Crippen molar-refractivity contribution in [1.29, 1.82) is 0 Å². The van der Waals surface area contributed by atoms with Crippen molar-refractivity contribution in [2.45, 2.75) is 39.0 Å². The summed E-state index contributed by atoms with van der Waals surface area (Å²) in [7, 11) is 0. The first-order valence-electron chi connectivity index (χ1n) is 8.29. The molecular formula is C18H20BrNO4. The molecule has 2 aliphatic rings. The highest BCUT2D eigenvalue weighted by molar-refractivity contribution is 9.10. The summed E-state index contributed by atoms with van der Waals surface area (Å²) in [5.74, 6) is -0.585. The standard InChI is InChI=1S/C18H20BrNO4/c1-11-6-7-15(14(19)10-11)24-16(21)8-9-20-17(22)12-4-2-3-5-13(12)18(20)23/h6-7,10,12-13H,2-5,8-9H2,1H3. The molecule has 1 aromatic carbocycles. The third-order valence-corrected chi connectivity index (χ3v) is 5.40. The number of benzene rings is 1. The molecule has 0 spiro atoms. The van der Waals surface area contributed by atoms with E-state index in [0.717, 1.165) is 31.2 Å². The molecule has 3 rings (SSSR count). The predicted octanol–water partition coefficient (Wildman–Crippen LogP) is 3.23. The number of amides is 2. The molecule has 6 heteroatoms. The molecule has 1 heterocycles. The van der Waals surface area contributed by atoms with Crippen molar-refractivity contribution in [1.82, 2.24) is 4.90 Å². The number of ether oxygens (including phenoxy) is 1. The molecule has 2 amide bonds. The Morgan fingerprint density at radius 2 is 1.83 bits per heavy atom. The van der Waals surface area contributed by atoms with Gasteiger partial charge in [-0.05, 0) is 53.4 Å². The molecule has 128 valence electrons. The minimum Gasteiger partial charge on any atom is -0.425 e. The molecule has 5 nitrogen and oxygen atoms in total. The van der Waals surface area contributed by atoms with E-state index in [2.05, 4.69) is 15.9 Å². The van der Waals surface area contributed by atoms with Crippen molar-refractivity contribution in [3.8, 4) is 5.75 Å². The second-order valence-corrected chi connectivity index (χ2v) is 7.34. The highest BCUT2D eigenvalue weighted by Crippen LogP contribution is 2.38. The van der Waals surface area contributed by atoms with E-state index >= 15 is 0 Å². The number of halogens is 1. The fourth-order valence-corrected chi connectivity index (χ4v) is 4.09. The first-order valence-corrected chi connectivity index (χ1v) is 9.08. The quantitative estimate of drug-likeness (QED) is 0.447. The Labute approximate surface area is 149 Å². The number of imide groups is 1. The van der Waals surface area contributed by atoms with Crippen LogP contribution >= 0.6 is 15.9 Å². The second kappa shape index (κ2) is 7.05. The van der Waals surface area contributed by atoms with Crippen molar-refractivity contribution in [3.05, 3.63) is 28.2 Å². The Morgan fingerprint density at radius 3 is 2.42 bits per heavy atom. The van der Waals surface area contributed by atoms with Gasteiger partial charge in [0.1, 0.15) is 5.75 Å². The zero-order chi connectivity index (χ0) is 17.3. The number of fused-ring (bicyclic) bond motifs is 1. The number of carbonyl (C=O) groups is 3. The van der Waals surface area contributed by atoms with Gasteiger partial charge in [0.25, 0.3) is 0 Å². The van der Waals surface area contributed by atoms with Crippen LogP contribution in [0.5, 0.6) is 5.75 Å². The van der Waals surface area contributed by atoms with E-state index in [9.17, 15) is 14.4 Å². The number of rotatable bonds is 4. The number of nitrogens with zero attached hydrogens (tertiary/aromatic N) is 1. The van der Waals surface area contributed by atoms with Crippen LogP contribution in [0.25, 0.3) is 0 Å². The minimum atomic E-state index is -0.449. The van der Waals surface area contributed by atoms with Gasteiger partial charge in [-0.2, -0.15) is 0 Å². The van der Waals surface area contributed by atoms with E-state index < -0.39 is 5.97 Å². The maximum absolute atomic E-state index is 12.4. The van der Waals surface area contributed by atoms with Gasteiger partial charge in [0.05, 0.1) is 22.7 Å². The number of aryl methyl sites for hydroxylation is 1. The number of carbonyl (C=O) groups excluding carboxylic acids is 3. The van der Waals surface area contributed by atoms with Crippen LogP contribution < -0.4 is 4.74 Å². The maximum atomic E-state index is 12.4. The summed E-state index contributed by atoms with van der Waals surface area (Å²) in [6, 6.07) is 5.43. The lowest BCUT2D eigenvalue weighted by molar-refractivity contribution is -0.141. The van der Waals surface area contributed by atoms with Crippen LogP contribution in [0, 0.1) is 18.8 Å². The number of hydrogen-bond donors (Lipinski definition) is 0. The van der Waals surface area contributed by atoms with Gasteiger partial charge in [-0.25, -0.2) is 0 Å².